The minimum atomic E-state index is -0.106. The first-order valence-electron chi connectivity index (χ1n) is 10.1. The number of halogens is 2. The van der Waals surface area contributed by atoms with Gasteiger partial charge in [-0.05, 0) is 42.8 Å². The zero-order valence-corrected chi connectivity index (χ0v) is 18.4. The molecule has 2 heterocycles. The summed E-state index contributed by atoms with van der Waals surface area (Å²) in [5.41, 5.74) is 2.74. The Balaban J connectivity index is 1.52. The molecule has 4 rings (SSSR count). The number of rotatable bonds is 6. The molecule has 2 aromatic carbocycles. The number of para-hydroxylation sites is 2. The van der Waals surface area contributed by atoms with E-state index >= 15 is 0 Å². The van der Waals surface area contributed by atoms with E-state index in [0.717, 1.165) is 60.2 Å². The molecule has 3 aromatic rings. The van der Waals surface area contributed by atoms with Crippen molar-refractivity contribution in [2.45, 2.75) is 19.5 Å². The number of piperazine rings is 1. The summed E-state index contributed by atoms with van der Waals surface area (Å²) in [4.78, 5) is 14.3. The number of aromatic nitrogens is 2. The fraction of sp³-hybridized carbons (Fsp3) is 0.364. The van der Waals surface area contributed by atoms with Crippen molar-refractivity contribution in [1.82, 2.24) is 14.9 Å². The van der Waals surface area contributed by atoms with Crippen LogP contribution in [0.2, 0.25) is 10.0 Å². The topological polar surface area (TPSA) is 64.5 Å². The van der Waals surface area contributed by atoms with E-state index in [-0.39, 0.29) is 12.6 Å². The summed E-state index contributed by atoms with van der Waals surface area (Å²) >= 11 is 12.5. The molecule has 0 bridgehead atoms. The number of nitrogens with one attached hydrogen (secondary N) is 1. The molecule has 158 valence electrons. The van der Waals surface area contributed by atoms with Crippen LogP contribution in [0, 0.1) is 0 Å². The van der Waals surface area contributed by atoms with Crippen molar-refractivity contribution in [3.63, 3.8) is 0 Å². The van der Waals surface area contributed by atoms with Gasteiger partial charge in [-0.3, -0.25) is 4.90 Å². The first-order valence-corrected chi connectivity index (χ1v) is 10.8. The Hall–Kier alpha value is -2.12. The van der Waals surface area contributed by atoms with Crippen molar-refractivity contribution in [3.05, 3.63) is 58.1 Å². The molecule has 0 aliphatic carbocycles. The molecule has 0 amide bonds. The highest BCUT2D eigenvalue weighted by Gasteiger charge is 2.23. The van der Waals surface area contributed by atoms with E-state index in [1.807, 2.05) is 49.4 Å². The van der Waals surface area contributed by atoms with E-state index in [9.17, 15) is 5.11 Å². The van der Waals surface area contributed by atoms with Crippen LogP contribution in [0.25, 0.3) is 11.0 Å². The van der Waals surface area contributed by atoms with Crippen LogP contribution in [0.5, 0.6) is 0 Å². The van der Waals surface area contributed by atoms with Crippen molar-refractivity contribution in [2.75, 3.05) is 43.0 Å². The van der Waals surface area contributed by atoms with Gasteiger partial charge in [-0.1, -0.05) is 35.3 Å². The van der Waals surface area contributed by atoms with Crippen molar-refractivity contribution >= 4 is 45.9 Å². The number of anilines is 2. The third kappa shape index (κ3) is 4.78. The second kappa shape index (κ2) is 9.35. The van der Waals surface area contributed by atoms with Crippen molar-refractivity contribution in [1.29, 1.82) is 0 Å². The highest BCUT2D eigenvalue weighted by molar-refractivity contribution is 6.33. The molecular formula is C22H25Cl2N5O. The predicted octanol–water partition coefficient (Wildman–Crippen LogP) is 4.05. The van der Waals surface area contributed by atoms with Crippen LogP contribution >= 0.6 is 23.2 Å². The lowest BCUT2D eigenvalue weighted by molar-refractivity contribution is 0.249. The van der Waals surface area contributed by atoms with Crippen LogP contribution in [0.4, 0.5) is 11.6 Å². The fourth-order valence-corrected chi connectivity index (χ4v) is 3.98. The molecule has 1 aliphatic rings. The van der Waals surface area contributed by atoms with Crippen LogP contribution in [-0.4, -0.2) is 58.8 Å². The van der Waals surface area contributed by atoms with Crippen LogP contribution in [0.3, 0.4) is 0 Å². The predicted molar refractivity (Wildman–Crippen MR) is 124 cm³/mol. The molecule has 0 spiro atoms. The lowest BCUT2D eigenvalue weighted by Gasteiger charge is -2.36. The Kier molecular flexibility index (Phi) is 6.58. The Morgan fingerprint density at radius 3 is 2.43 bits per heavy atom. The molecule has 0 unspecified atom stereocenters. The molecular weight excluding hydrogens is 421 g/mol. The maximum absolute atomic E-state index is 9.48. The first-order chi connectivity index (χ1) is 14.5. The molecule has 1 aromatic heterocycles. The second-order valence-electron chi connectivity index (χ2n) is 7.61. The molecule has 1 atom stereocenters. The molecule has 1 aliphatic heterocycles. The summed E-state index contributed by atoms with van der Waals surface area (Å²) in [6.07, 6.45) is 0. The molecule has 8 heteroatoms. The monoisotopic (exact) mass is 445 g/mol. The average molecular weight is 446 g/mol. The zero-order valence-electron chi connectivity index (χ0n) is 16.9. The van der Waals surface area contributed by atoms with Gasteiger partial charge >= 0.3 is 0 Å². The molecule has 30 heavy (non-hydrogen) atoms. The highest BCUT2D eigenvalue weighted by Crippen LogP contribution is 2.28. The van der Waals surface area contributed by atoms with Gasteiger partial charge in [-0.2, -0.15) is 0 Å². The van der Waals surface area contributed by atoms with Crippen molar-refractivity contribution in [3.8, 4) is 0 Å². The molecule has 0 radical (unpaired) electrons. The van der Waals surface area contributed by atoms with Gasteiger partial charge in [0.25, 0.3) is 0 Å². The summed E-state index contributed by atoms with van der Waals surface area (Å²) in [6.45, 7) is 6.14. The maximum Gasteiger partial charge on any atom is 0.172 e. The van der Waals surface area contributed by atoms with Gasteiger partial charge in [0.05, 0.1) is 17.6 Å². The lowest BCUT2D eigenvalue weighted by Crippen LogP contribution is -2.46. The molecule has 1 fully saturated rings. The Labute approximate surface area is 186 Å². The first kappa shape index (κ1) is 21.1. The van der Waals surface area contributed by atoms with Gasteiger partial charge in [-0.25, -0.2) is 9.97 Å². The van der Waals surface area contributed by atoms with E-state index in [4.69, 9.17) is 33.2 Å². The largest absolute Gasteiger partial charge is 0.394 e. The summed E-state index contributed by atoms with van der Waals surface area (Å²) in [5, 5.41) is 14.2. The Bertz CT molecular complexity index is 1020. The minimum absolute atomic E-state index is 0.0299. The van der Waals surface area contributed by atoms with Gasteiger partial charge in [0.1, 0.15) is 0 Å². The smallest absolute Gasteiger partial charge is 0.172 e. The van der Waals surface area contributed by atoms with Crippen molar-refractivity contribution < 1.29 is 5.11 Å². The summed E-state index contributed by atoms with van der Waals surface area (Å²) in [6, 6.07) is 13.3. The van der Waals surface area contributed by atoms with Gasteiger partial charge in [-0.15, -0.1) is 0 Å². The highest BCUT2D eigenvalue weighted by atomic mass is 35.5. The van der Waals surface area contributed by atoms with Gasteiger partial charge in [0.2, 0.25) is 0 Å². The second-order valence-corrected chi connectivity index (χ2v) is 8.46. The van der Waals surface area contributed by atoms with E-state index in [0.29, 0.717) is 10.8 Å². The number of aliphatic hydroxyl groups is 1. The molecule has 1 saturated heterocycles. The molecule has 2 N–H and O–H groups in total. The van der Waals surface area contributed by atoms with Crippen molar-refractivity contribution in [2.24, 2.45) is 0 Å². The Morgan fingerprint density at radius 2 is 1.73 bits per heavy atom. The number of hydrogen-bond acceptors (Lipinski definition) is 6. The number of benzene rings is 2. The standard InChI is InChI=1S/C22H25Cl2N5O/c1-15(14-30)25-21-22(27-20-5-3-2-4-19(20)26-21)29-10-8-28(9-11-29)13-16-12-17(23)6-7-18(16)24/h2-7,12,15,30H,8-11,13-14H2,1H3,(H,25,26)/t15-/m0/s1. The average Bonchev–Trinajstić information content (AvgIpc) is 2.76. The third-order valence-corrected chi connectivity index (χ3v) is 5.89. The number of fused-ring (bicyclic) bond motifs is 1. The quantitative estimate of drug-likeness (QED) is 0.596. The van der Waals surface area contributed by atoms with Crippen LogP contribution in [-0.2, 0) is 6.54 Å². The number of hydrogen-bond donors (Lipinski definition) is 2. The summed E-state index contributed by atoms with van der Waals surface area (Å²) in [7, 11) is 0. The zero-order chi connectivity index (χ0) is 21.1. The van der Waals surface area contributed by atoms with E-state index in [1.54, 1.807) is 0 Å². The van der Waals surface area contributed by atoms with Crippen LogP contribution in [0.15, 0.2) is 42.5 Å². The number of nitrogens with zero attached hydrogens (tertiary/aromatic N) is 4. The third-order valence-electron chi connectivity index (χ3n) is 5.28. The lowest BCUT2D eigenvalue weighted by atomic mass is 10.2. The fourth-order valence-electron chi connectivity index (χ4n) is 3.61. The maximum atomic E-state index is 9.48. The van der Waals surface area contributed by atoms with Gasteiger partial charge in [0.15, 0.2) is 11.6 Å². The van der Waals surface area contributed by atoms with Crippen LogP contribution < -0.4 is 10.2 Å². The van der Waals surface area contributed by atoms with E-state index in [2.05, 4.69) is 15.1 Å². The Morgan fingerprint density at radius 1 is 1.03 bits per heavy atom. The normalized spacial score (nSPS) is 16.1. The molecule has 6 nitrogen and oxygen atoms in total. The summed E-state index contributed by atoms with van der Waals surface area (Å²) < 4.78 is 0. The van der Waals surface area contributed by atoms with Gasteiger partial charge < -0.3 is 15.3 Å². The SMILES string of the molecule is C[C@@H](CO)Nc1nc2ccccc2nc1N1CCN(Cc2cc(Cl)ccc2Cl)CC1. The number of aliphatic hydroxyl groups excluding tert-OH is 1. The van der Waals surface area contributed by atoms with Crippen LogP contribution in [0.1, 0.15) is 12.5 Å². The summed E-state index contributed by atoms with van der Waals surface area (Å²) in [5.74, 6) is 1.54. The molecule has 0 saturated carbocycles. The van der Waals surface area contributed by atoms with E-state index < -0.39 is 0 Å². The minimum Gasteiger partial charge on any atom is -0.394 e. The van der Waals surface area contributed by atoms with Gasteiger partial charge in [0, 0.05) is 48.8 Å². The van der Waals surface area contributed by atoms with E-state index in [1.165, 1.54) is 0 Å².